The molecule has 0 spiro atoms. The summed E-state index contributed by atoms with van der Waals surface area (Å²) in [7, 11) is 1.55. The summed E-state index contributed by atoms with van der Waals surface area (Å²) in [5.41, 5.74) is 1.36. The molecule has 1 saturated heterocycles. The van der Waals surface area contributed by atoms with Gasteiger partial charge in [0.25, 0.3) is 0 Å². The third-order valence-corrected chi connectivity index (χ3v) is 3.08. The maximum atomic E-state index is 11.9. The summed E-state index contributed by atoms with van der Waals surface area (Å²) in [6.45, 7) is 2.03. The van der Waals surface area contributed by atoms with Gasteiger partial charge in [-0.1, -0.05) is 0 Å². The molecule has 1 aromatic rings. The van der Waals surface area contributed by atoms with Gasteiger partial charge in [0.2, 0.25) is 5.91 Å². The predicted octanol–water partition coefficient (Wildman–Crippen LogP) is 0.755. The van der Waals surface area contributed by atoms with Gasteiger partial charge in [0.1, 0.15) is 0 Å². The minimum Gasteiger partial charge on any atom is -0.378 e. The van der Waals surface area contributed by atoms with Crippen molar-refractivity contribution in [3.63, 3.8) is 0 Å². The van der Waals surface area contributed by atoms with Gasteiger partial charge in [-0.15, -0.1) is 0 Å². The summed E-state index contributed by atoms with van der Waals surface area (Å²) < 4.78 is 5.31. The number of nitrogens with one attached hydrogen (secondary N) is 4. The Morgan fingerprint density at radius 3 is 2.48 bits per heavy atom. The molecule has 1 heterocycles. The summed E-state index contributed by atoms with van der Waals surface area (Å²) in [6, 6.07) is 6.73. The lowest BCUT2D eigenvalue weighted by Gasteiger charge is -2.23. The fourth-order valence-corrected chi connectivity index (χ4v) is 2.02. The Morgan fingerprint density at radius 2 is 1.90 bits per heavy atom. The summed E-state index contributed by atoms with van der Waals surface area (Å²) in [5, 5.41) is 11.2. The third-order valence-electron chi connectivity index (χ3n) is 3.08. The highest BCUT2D eigenvalue weighted by atomic mass is 16.5. The van der Waals surface area contributed by atoms with Crippen LogP contribution in [0.2, 0.25) is 0 Å². The van der Waals surface area contributed by atoms with Crippen LogP contribution in [0.25, 0.3) is 0 Å². The molecule has 0 saturated carbocycles. The molecule has 1 aliphatic rings. The van der Waals surface area contributed by atoms with E-state index in [1.165, 1.54) is 0 Å². The highest BCUT2D eigenvalue weighted by Gasteiger charge is 2.16. The topological polar surface area (TPSA) is 91.5 Å². The average molecular weight is 292 g/mol. The van der Waals surface area contributed by atoms with E-state index in [4.69, 9.17) is 4.74 Å². The van der Waals surface area contributed by atoms with E-state index in [0.717, 1.165) is 6.54 Å². The van der Waals surface area contributed by atoms with Crippen LogP contribution in [0.1, 0.15) is 6.42 Å². The van der Waals surface area contributed by atoms with Gasteiger partial charge in [0.15, 0.2) is 0 Å². The Balaban J connectivity index is 1.81. The fraction of sp³-hybridized carbons (Fsp3) is 0.429. The zero-order valence-corrected chi connectivity index (χ0v) is 11.9. The van der Waals surface area contributed by atoms with Crippen molar-refractivity contribution >= 4 is 23.3 Å². The molecule has 4 N–H and O–H groups in total. The molecule has 1 unspecified atom stereocenters. The second-order valence-electron chi connectivity index (χ2n) is 4.76. The van der Waals surface area contributed by atoms with Crippen LogP contribution in [-0.4, -0.2) is 44.8 Å². The minimum atomic E-state index is -0.282. The maximum Gasteiger partial charge on any atom is 0.318 e. The van der Waals surface area contributed by atoms with E-state index < -0.39 is 0 Å². The number of benzene rings is 1. The summed E-state index contributed by atoms with van der Waals surface area (Å²) >= 11 is 0. The molecule has 0 bridgehead atoms. The first-order valence-electron chi connectivity index (χ1n) is 6.87. The SMILES string of the molecule is CNC(=O)Nc1ccc(NC(=O)CC2COCCN2)cc1. The van der Waals surface area contributed by atoms with Crippen LogP contribution in [0.3, 0.4) is 0 Å². The molecule has 0 radical (unpaired) electrons. The van der Waals surface area contributed by atoms with Crippen molar-refractivity contribution in [2.24, 2.45) is 0 Å². The zero-order valence-electron chi connectivity index (χ0n) is 11.9. The van der Waals surface area contributed by atoms with Gasteiger partial charge in [-0.3, -0.25) is 4.79 Å². The number of anilines is 2. The highest BCUT2D eigenvalue weighted by molar-refractivity contribution is 5.92. The first-order chi connectivity index (χ1) is 10.2. The first-order valence-corrected chi connectivity index (χ1v) is 6.87. The Hall–Kier alpha value is -2.12. The maximum absolute atomic E-state index is 11.9. The molecule has 3 amide bonds. The van der Waals surface area contributed by atoms with Crippen molar-refractivity contribution in [2.75, 3.05) is 37.4 Å². The Bertz CT molecular complexity index is 483. The molecule has 2 rings (SSSR count). The van der Waals surface area contributed by atoms with Crippen LogP contribution in [0.5, 0.6) is 0 Å². The van der Waals surface area contributed by atoms with Crippen LogP contribution in [0.15, 0.2) is 24.3 Å². The van der Waals surface area contributed by atoms with Gasteiger partial charge < -0.3 is 26.0 Å². The van der Waals surface area contributed by atoms with Crippen LogP contribution >= 0.6 is 0 Å². The Kier molecular flexibility index (Phi) is 5.53. The lowest BCUT2D eigenvalue weighted by atomic mass is 10.2. The van der Waals surface area contributed by atoms with E-state index in [1.807, 2.05) is 0 Å². The molecule has 7 nitrogen and oxygen atoms in total. The van der Waals surface area contributed by atoms with Crippen molar-refractivity contribution in [3.8, 4) is 0 Å². The molecule has 0 aliphatic carbocycles. The molecular formula is C14H20N4O3. The van der Waals surface area contributed by atoms with Crippen LogP contribution in [0, 0.1) is 0 Å². The summed E-state index contributed by atoms with van der Waals surface area (Å²) in [4.78, 5) is 23.1. The molecular weight excluding hydrogens is 272 g/mol. The lowest BCUT2D eigenvalue weighted by Crippen LogP contribution is -2.43. The second-order valence-corrected chi connectivity index (χ2v) is 4.76. The smallest absolute Gasteiger partial charge is 0.318 e. The van der Waals surface area contributed by atoms with E-state index in [-0.39, 0.29) is 18.0 Å². The number of carbonyl (C=O) groups is 2. The van der Waals surface area contributed by atoms with Crippen molar-refractivity contribution in [1.82, 2.24) is 10.6 Å². The Morgan fingerprint density at radius 1 is 1.24 bits per heavy atom. The standard InChI is InChI=1S/C14H20N4O3/c1-15-14(20)18-11-4-2-10(3-5-11)17-13(19)8-12-9-21-7-6-16-12/h2-5,12,16H,6-9H2,1H3,(H,17,19)(H2,15,18,20). The van der Waals surface area contributed by atoms with Crippen molar-refractivity contribution in [1.29, 1.82) is 0 Å². The quantitative estimate of drug-likeness (QED) is 0.659. The van der Waals surface area contributed by atoms with Gasteiger partial charge in [-0.25, -0.2) is 4.79 Å². The van der Waals surface area contributed by atoms with Crippen LogP contribution < -0.4 is 21.3 Å². The number of hydrogen-bond donors (Lipinski definition) is 4. The minimum absolute atomic E-state index is 0.0629. The Labute approximate surface area is 123 Å². The number of hydrogen-bond acceptors (Lipinski definition) is 4. The number of amides is 3. The van der Waals surface area contributed by atoms with E-state index in [9.17, 15) is 9.59 Å². The number of ether oxygens (including phenoxy) is 1. The highest BCUT2D eigenvalue weighted by Crippen LogP contribution is 2.14. The lowest BCUT2D eigenvalue weighted by molar-refractivity contribution is -0.117. The largest absolute Gasteiger partial charge is 0.378 e. The average Bonchev–Trinajstić information content (AvgIpc) is 2.50. The van der Waals surface area contributed by atoms with Gasteiger partial charge >= 0.3 is 6.03 Å². The van der Waals surface area contributed by atoms with Crippen LogP contribution in [0.4, 0.5) is 16.2 Å². The molecule has 1 aromatic carbocycles. The number of morpholine rings is 1. The van der Waals surface area contributed by atoms with E-state index in [1.54, 1.807) is 31.3 Å². The van der Waals surface area contributed by atoms with Crippen molar-refractivity contribution in [2.45, 2.75) is 12.5 Å². The van der Waals surface area contributed by atoms with Crippen LogP contribution in [-0.2, 0) is 9.53 Å². The molecule has 21 heavy (non-hydrogen) atoms. The molecule has 1 fully saturated rings. The molecule has 114 valence electrons. The van der Waals surface area contributed by atoms with E-state index in [2.05, 4.69) is 21.3 Å². The van der Waals surface area contributed by atoms with Gasteiger partial charge in [0, 0.05) is 37.4 Å². The van der Waals surface area contributed by atoms with Crippen molar-refractivity contribution in [3.05, 3.63) is 24.3 Å². The zero-order chi connectivity index (χ0) is 15.1. The molecule has 1 atom stereocenters. The van der Waals surface area contributed by atoms with Gasteiger partial charge in [-0.2, -0.15) is 0 Å². The fourth-order valence-electron chi connectivity index (χ4n) is 2.02. The van der Waals surface area contributed by atoms with E-state index >= 15 is 0 Å². The molecule has 7 heteroatoms. The summed E-state index contributed by atoms with van der Waals surface area (Å²) in [5.74, 6) is -0.0648. The first kappa shape index (κ1) is 15.3. The molecule has 0 aromatic heterocycles. The van der Waals surface area contributed by atoms with E-state index in [0.29, 0.717) is 31.0 Å². The second kappa shape index (κ2) is 7.61. The van der Waals surface area contributed by atoms with Crippen molar-refractivity contribution < 1.29 is 14.3 Å². The number of carbonyl (C=O) groups excluding carboxylic acids is 2. The van der Waals surface area contributed by atoms with Gasteiger partial charge in [0.05, 0.1) is 13.2 Å². The normalized spacial score (nSPS) is 17.9. The monoisotopic (exact) mass is 292 g/mol. The van der Waals surface area contributed by atoms with Gasteiger partial charge in [-0.05, 0) is 24.3 Å². The molecule has 1 aliphatic heterocycles. The third kappa shape index (κ3) is 5.05. The number of urea groups is 1. The summed E-state index contributed by atoms with van der Waals surface area (Å²) in [6.07, 6.45) is 0.373. The number of rotatable bonds is 4. The predicted molar refractivity (Wildman–Crippen MR) is 80.4 cm³/mol.